The molecule has 2 N–H and O–H groups in total. The summed E-state index contributed by atoms with van der Waals surface area (Å²) in [4.78, 5) is 22.8. The maximum absolute atomic E-state index is 12.8. The minimum Gasteiger partial charge on any atom is -0.342 e. The largest absolute Gasteiger partial charge is 0.342 e. The third kappa shape index (κ3) is 3.53. The van der Waals surface area contributed by atoms with Crippen molar-refractivity contribution in [1.82, 2.24) is 19.6 Å². The Bertz CT molecular complexity index is 1060. The van der Waals surface area contributed by atoms with E-state index in [1.165, 1.54) is 19.2 Å². The molecule has 2 aromatic carbocycles. The van der Waals surface area contributed by atoms with Crippen LogP contribution in [-0.2, 0) is 10.0 Å². The zero-order chi connectivity index (χ0) is 19.7. The normalized spacial score (nSPS) is 15.8. The zero-order valence-corrected chi connectivity index (χ0v) is 16.4. The molecule has 2 heterocycles. The van der Waals surface area contributed by atoms with Crippen LogP contribution in [0.1, 0.15) is 34.9 Å². The quantitative estimate of drug-likeness (QED) is 0.706. The Kier molecular flexibility index (Phi) is 4.91. The van der Waals surface area contributed by atoms with Gasteiger partial charge >= 0.3 is 0 Å². The van der Waals surface area contributed by atoms with E-state index in [4.69, 9.17) is 0 Å². The number of piperidine rings is 1. The van der Waals surface area contributed by atoms with E-state index >= 15 is 0 Å². The molecule has 0 spiro atoms. The van der Waals surface area contributed by atoms with Crippen molar-refractivity contribution in [3.8, 4) is 0 Å². The second-order valence-corrected chi connectivity index (χ2v) is 8.82. The number of nitrogens with zero attached hydrogens (tertiary/aromatic N) is 2. The Morgan fingerprint density at radius 1 is 1.11 bits per heavy atom. The van der Waals surface area contributed by atoms with E-state index < -0.39 is 10.0 Å². The van der Waals surface area contributed by atoms with Crippen LogP contribution < -0.4 is 4.72 Å². The summed E-state index contributed by atoms with van der Waals surface area (Å²) in [5, 5.41) is 0. The van der Waals surface area contributed by atoms with Crippen LogP contribution in [0.5, 0.6) is 0 Å². The molecule has 0 radical (unpaired) electrons. The van der Waals surface area contributed by atoms with E-state index in [-0.39, 0.29) is 10.8 Å². The van der Waals surface area contributed by atoms with Crippen molar-refractivity contribution < 1.29 is 13.2 Å². The Balaban J connectivity index is 1.42. The number of aromatic nitrogens is 2. The average Bonchev–Trinajstić information content (AvgIpc) is 3.18. The van der Waals surface area contributed by atoms with E-state index in [0.717, 1.165) is 29.7 Å². The fourth-order valence-electron chi connectivity index (χ4n) is 3.60. The molecule has 1 saturated heterocycles. The highest BCUT2D eigenvalue weighted by Crippen LogP contribution is 2.28. The number of carbonyl (C=O) groups is 1. The molecule has 146 valence electrons. The number of H-pyrrole nitrogens is 1. The van der Waals surface area contributed by atoms with Gasteiger partial charge in [-0.25, -0.2) is 18.1 Å². The monoisotopic (exact) mass is 398 g/mol. The number of fused-ring (bicyclic) bond motifs is 1. The number of rotatable bonds is 4. The lowest BCUT2D eigenvalue weighted by Crippen LogP contribution is -2.38. The third-order valence-corrected chi connectivity index (χ3v) is 6.69. The van der Waals surface area contributed by atoms with Crippen molar-refractivity contribution in [2.45, 2.75) is 23.7 Å². The van der Waals surface area contributed by atoms with Crippen molar-refractivity contribution in [3.63, 3.8) is 0 Å². The highest BCUT2D eigenvalue weighted by Gasteiger charge is 2.26. The fraction of sp³-hybridized carbons (Fsp3) is 0.300. The van der Waals surface area contributed by atoms with Gasteiger partial charge in [0.25, 0.3) is 5.91 Å². The second kappa shape index (κ2) is 7.37. The lowest BCUT2D eigenvalue weighted by Gasteiger charge is -2.31. The standard InChI is InChI=1S/C20H22N4O3S/c1-21-28(26,27)16-8-6-15(7-9-16)20(25)24-12-10-14(11-13-24)19-22-17-4-2-3-5-18(17)23-19/h2-9,14,21H,10-13H2,1H3,(H,22,23). The number of nitrogens with one attached hydrogen (secondary N) is 2. The Morgan fingerprint density at radius 2 is 1.79 bits per heavy atom. The number of imidazole rings is 1. The van der Waals surface area contributed by atoms with Crippen LogP contribution >= 0.6 is 0 Å². The summed E-state index contributed by atoms with van der Waals surface area (Å²) in [5.41, 5.74) is 2.50. The molecule has 0 bridgehead atoms. The maximum Gasteiger partial charge on any atom is 0.253 e. The van der Waals surface area contributed by atoms with Crippen molar-refractivity contribution >= 4 is 27.0 Å². The molecule has 1 aliphatic rings. The van der Waals surface area contributed by atoms with Gasteiger partial charge in [0, 0.05) is 24.6 Å². The van der Waals surface area contributed by atoms with Gasteiger partial charge in [0.15, 0.2) is 0 Å². The van der Waals surface area contributed by atoms with Crippen LogP contribution in [0.15, 0.2) is 53.4 Å². The summed E-state index contributed by atoms with van der Waals surface area (Å²) in [6.07, 6.45) is 1.69. The molecule has 4 rings (SSSR count). The topological polar surface area (TPSA) is 95.2 Å². The molecule has 7 nitrogen and oxygen atoms in total. The summed E-state index contributed by atoms with van der Waals surface area (Å²) < 4.78 is 25.9. The van der Waals surface area contributed by atoms with Gasteiger partial charge in [0.2, 0.25) is 10.0 Å². The molecule has 0 aliphatic carbocycles. The van der Waals surface area contributed by atoms with Gasteiger partial charge < -0.3 is 9.88 Å². The van der Waals surface area contributed by atoms with E-state index in [9.17, 15) is 13.2 Å². The number of hydrogen-bond acceptors (Lipinski definition) is 4. The van der Waals surface area contributed by atoms with Gasteiger partial charge in [-0.1, -0.05) is 12.1 Å². The summed E-state index contributed by atoms with van der Waals surface area (Å²) in [6, 6.07) is 14.0. The summed E-state index contributed by atoms with van der Waals surface area (Å²) in [6.45, 7) is 1.30. The Labute approximate surface area is 163 Å². The van der Waals surface area contributed by atoms with Crippen LogP contribution in [0, 0.1) is 0 Å². The van der Waals surface area contributed by atoms with Crippen molar-refractivity contribution in [3.05, 3.63) is 59.9 Å². The predicted octanol–water partition coefficient (Wildman–Crippen LogP) is 2.49. The molecule has 0 atom stereocenters. The van der Waals surface area contributed by atoms with E-state index in [2.05, 4.69) is 14.7 Å². The van der Waals surface area contributed by atoms with Gasteiger partial charge in [0.05, 0.1) is 15.9 Å². The molecule has 1 aliphatic heterocycles. The molecular weight excluding hydrogens is 376 g/mol. The molecule has 0 saturated carbocycles. The highest BCUT2D eigenvalue weighted by atomic mass is 32.2. The minimum absolute atomic E-state index is 0.0727. The number of hydrogen-bond donors (Lipinski definition) is 2. The van der Waals surface area contributed by atoms with Gasteiger partial charge in [-0.15, -0.1) is 0 Å². The van der Waals surface area contributed by atoms with Crippen LogP contribution in [-0.4, -0.2) is 49.3 Å². The molecular formula is C20H22N4O3S. The molecule has 1 aromatic heterocycles. The lowest BCUT2D eigenvalue weighted by atomic mass is 9.95. The van der Waals surface area contributed by atoms with Crippen molar-refractivity contribution in [1.29, 1.82) is 0 Å². The smallest absolute Gasteiger partial charge is 0.253 e. The second-order valence-electron chi connectivity index (χ2n) is 6.94. The first kappa shape index (κ1) is 18.6. The van der Waals surface area contributed by atoms with Gasteiger partial charge in [-0.05, 0) is 56.3 Å². The fourth-order valence-corrected chi connectivity index (χ4v) is 4.33. The minimum atomic E-state index is -3.50. The number of para-hydroxylation sites is 2. The van der Waals surface area contributed by atoms with Gasteiger partial charge in [0.1, 0.15) is 5.82 Å². The van der Waals surface area contributed by atoms with E-state index in [0.29, 0.717) is 24.6 Å². The number of carbonyl (C=O) groups excluding carboxylic acids is 1. The molecule has 1 fully saturated rings. The first-order valence-corrected chi connectivity index (χ1v) is 10.7. The van der Waals surface area contributed by atoms with Gasteiger partial charge in [-0.2, -0.15) is 0 Å². The van der Waals surface area contributed by atoms with Crippen molar-refractivity contribution in [2.24, 2.45) is 0 Å². The Morgan fingerprint density at radius 3 is 2.43 bits per heavy atom. The maximum atomic E-state index is 12.8. The van der Waals surface area contributed by atoms with Gasteiger partial charge in [-0.3, -0.25) is 4.79 Å². The van der Waals surface area contributed by atoms with Crippen LogP contribution in [0.4, 0.5) is 0 Å². The lowest BCUT2D eigenvalue weighted by molar-refractivity contribution is 0.0711. The summed E-state index contributed by atoms with van der Waals surface area (Å²) >= 11 is 0. The number of sulfonamides is 1. The SMILES string of the molecule is CNS(=O)(=O)c1ccc(C(=O)N2CCC(c3nc4ccccc4[nH]3)CC2)cc1. The number of likely N-dealkylation sites (tertiary alicyclic amines) is 1. The van der Waals surface area contributed by atoms with E-state index in [1.54, 1.807) is 12.1 Å². The molecule has 0 unspecified atom stereocenters. The molecule has 28 heavy (non-hydrogen) atoms. The Hall–Kier alpha value is -2.71. The van der Waals surface area contributed by atoms with Crippen molar-refractivity contribution in [2.75, 3.05) is 20.1 Å². The van der Waals surface area contributed by atoms with Crippen LogP contribution in [0.2, 0.25) is 0 Å². The zero-order valence-electron chi connectivity index (χ0n) is 15.6. The van der Waals surface area contributed by atoms with Crippen LogP contribution in [0.25, 0.3) is 11.0 Å². The van der Waals surface area contributed by atoms with E-state index in [1.807, 2.05) is 29.2 Å². The number of benzene rings is 2. The molecule has 1 amide bonds. The summed E-state index contributed by atoms with van der Waals surface area (Å²) in [5.74, 6) is 1.21. The third-order valence-electron chi connectivity index (χ3n) is 5.26. The highest BCUT2D eigenvalue weighted by molar-refractivity contribution is 7.89. The first-order valence-electron chi connectivity index (χ1n) is 9.25. The average molecular weight is 398 g/mol. The predicted molar refractivity (Wildman–Crippen MR) is 107 cm³/mol. The molecule has 8 heteroatoms. The summed E-state index contributed by atoms with van der Waals surface area (Å²) in [7, 11) is -2.14. The number of amides is 1. The first-order chi connectivity index (χ1) is 13.5. The molecule has 3 aromatic rings. The number of aromatic amines is 1. The van der Waals surface area contributed by atoms with Crippen LogP contribution in [0.3, 0.4) is 0 Å².